The van der Waals surface area contributed by atoms with Gasteiger partial charge in [0.15, 0.2) is 5.82 Å². The minimum absolute atomic E-state index is 0.407. The van der Waals surface area contributed by atoms with Crippen LogP contribution in [0.4, 0.5) is 11.5 Å². The molecular weight excluding hydrogens is 236 g/mol. The van der Waals surface area contributed by atoms with Gasteiger partial charge in [-0.25, -0.2) is 4.98 Å². The topological polar surface area (TPSA) is 74.7 Å². The fourth-order valence-corrected chi connectivity index (χ4v) is 2.95. The standard InChI is InChI=1S/C15H22N4/c1-2-13(11-6-4-3-5-7-11)19-15-14(17)12(10-16)8-9-18-15/h8-9,11,13H,2-7,17H2,1H3,(H,18,19). The second kappa shape index (κ2) is 6.42. The molecule has 0 amide bonds. The van der Waals surface area contributed by atoms with Gasteiger partial charge in [0.05, 0.1) is 11.3 Å². The van der Waals surface area contributed by atoms with E-state index < -0.39 is 0 Å². The lowest BCUT2D eigenvalue weighted by atomic mass is 9.83. The van der Waals surface area contributed by atoms with Crippen LogP contribution in [0, 0.1) is 17.2 Å². The summed E-state index contributed by atoms with van der Waals surface area (Å²) in [6, 6.07) is 4.16. The maximum atomic E-state index is 9.00. The summed E-state index contributed by atoms with van der Waals surface area (Å²) in [6.45, 7) is 2.19. The third-order valence-electron chi connectivity index (χ3n) is 4.09. The number of anilines is 2. The summed E-state index contributed by atoms with van der Waals surface area (Å²) in [5.74, 6) is 1.36. The maximum absolute atomic E-state index is 9.00. The van der Waals surface area contributed by atoms with E-state index in [1.807, 2.05) is 0 Å². The van der Waals surface area contributed by atoms with Crippen LogP contribution in [-0.4, -0.2) is 11.0 Å². The monoisotopic (exact) mass is 258 g/mol. The molecule has 1 aliphatic carbocycles. The Balaban J connectivity index is 2.12. The van der Waals surface area contributed by atoms with Crippen molar-refractivity contribution >= 4 is 11.5 Å². The van der Waals surface area contributed by atoms with E-state index in [1.165, 1.54) is 32.1 Å². The van der Waals surface area contributed by atoms with Crippen LogP contribution in [0.15, 0.2) is 12.3 Å². The number of nitrogens with one attached hydrogen (secondary N) is 1. The lowest BCUT2D eigenvalue weighted by Crippen LogP contribution is -2.30. The number of nitrogen functional groups attached to an aromatic ring is 1. The first-order chi connectivity index (χ1) is 9.26. The van der Waals surface area contributed by atoms with Gasteiger partial charge in [0.2, 0.25) is 0 Å². The van der Waals surface area contributed by atoms with Gasteiger partial charge in [-0.05, 0) is 31.2 Å². The van der Waals surface area contributed by atoms with Crippen molar-refractivity contribution in [2.45, 2.75) is 51.5 Å². The minimum Gasteiger partial charge on any atom is -0.395 e. The largest absolute Gasteiger partial charge is 0.395 e. The fourth-order valence-electron chi connectivity index (χ4n) is 2.95. The number of nitrogens with zero attached hydrogens (tertiary/aromatic N) is 2. The Morgan fingerprint density at radius 2 is 2.21 bits per heavy atom. The smallest absolute Gasteiger partial charge is 0.150 e. The van der Waals surface area contributed by atoms with Crippen LogP contribution in [-0.2, 0) is 0 Å². The summed E-state index contributed by atoms with van der Waals surface area (Å²) >= 11 is 0. The van der Waals surface area contributed by atoms with Gasteiger partial charge in [0, 0.05) is 12.2 Å². The van der Waals surface area contributed by atoms with Crippen LogP contribution in [0.25, 0.3) is 0 Å². The Bertz CT molecular complexity index is 458. The molecule has 3 N–H and O–H groups in total. The Morgan fingerprint density at radius 1 is 1.47 bits per heavy atom. The number of rotatable bonds is 4. The van der Waals surface area contributed by atoms with Crippen LogP contribution in [0.5, 0.6) is 0 Å². The zero-order chi connectivity index (χ0) is 13.7. The van der Waals surface area contributed by atoms with E-state index in [9.17, 15) is 0 Å². The molecule has 1 aliphatic rings. The first-order valence-electron chi connectivity index (χ1n) is 7.17. The number of hydrogen-bond donors (Lipinski definition) is 2. The summed E-state index contributed by atoms with van der Waals surface area (Å²) in [7, 11) is 0. The van der Waals surface area contributed by atoms with Gasteiger partial charge in [-0.15, -0.1) is 0 Å². The number of pyridine rings is 1. The molecular formula is C15H22N4. The molecule has 0 aliphatic heterocycles. The van der Waals surface area contributed by atoms with E-state index in [1.54, 1.807) is 12.3 Å². The molecule has 0 bridgehead atoms. The van der Waals surface area contributed by atoms with Crippen LogP contribution in [0.1, 0.15) is 51.0 Å². The summed E-state index contributed by atoms with van der Waals surface area (Å²) in [6.07, 6.45) is 9.27. The highest BCUT2D eigenvalue weighted by Crippen LogP contribution is 2.30. The van der Waals surface area contributed by atoms with Crippen molar-refractivity contribution in [3.8, 4) is 6.07 Å². The van der Waals surface area contributed by atoms with Crippen molar-refractivity contribution < 1.29 is 0 Å². The molecule has 1 heterocycles. The second-order valence-corrected chi connectivity index (χ2v) is 5.29. The van der Waals surface area contributed by atoms with Gasteiger partial charge < -0.3 is 11.1 Å². The predicted octanol–water partition coefficient (Wildman–Crippen LogP) is 3.31. The average Bonchev–Trinajstić information content (AvgIpc) is 2.47. The third kappa shape index (κ3) is 3.17. The number of hydrogen-bond acceptors (Lipinski definition) is 4. The minimum atomic E-state index is 0.407. The van der Waals surface area contributed by atoms with E-state index in [-0.39, 0.29) is 0 Å². The van der Waals surface area contributed by atoms with E-state index >= 15 is 0 Å². The average molecular weight is 258 g/mol. The van der Waals surface area contributed by atoms with Crippen LogP contribution in [0.3, 0.4) is 0 Å². The molecule has 0 saturated heterocycles. The van der Waals surface area contributed by atoms with Crippen molar-refractivity contribution in [3.63, 3.8) is 0 Å². The molecule has 0 radical (unpaired) electrons. The molecule has 1 unspecified atom stereocenters. The van der Waals surface area contributed by atoms with E-state index in [4.69, 9.17) is 11.0 Å². The van der Waals surface area contributed by atoms with Crippen molar-refractivity contribution in [1.82, 2.24) is 4.98 Å². The predicted molar refractivity (Wildman–Crippen MR) is 77.6 cm³/mol. The van der Waals surface area contributed by atoms with E-state index in [2.05, 4.69) is 23.3 Å². The summed E-state index contributed by atoms with van der Waals surface area (Å²) in [4.78, 5) is 4.28. The SMILES string of the molecule is CCC(Nc1nccc(C#N)c1N)C1CCCCC1. The molecule has 1 aromatic rings. The fraction of sp³-hybridized carbons (Fsp3) is 0.600. The quantitative estimate of drug-likeness (QED) is 0.868. The number of nitrogens with two attached hydrogens (primary N) is 1. The lowest BCUT2D eigenvalue weighted by Gasteiger charge is -2.31. The molecule has 0 spiro atoms. The van der Waals surface area contributed by atoms with Gasteiger partial charge in [0.25, 0.3) is 0 Å². The zero-order valence-electron chi connectivity index (χ0n) is 11.5. The Labute approximate surface area is 115 Å². The van der Waals surface area contributed by atoms with Crippen LogP contribution >= 0.6 is 0 Å². The van der Waals surface area contributed by atoms with Crippen molar-refractivity contribution in [2.24, 2.45) is 5.92 Å². The van der Waals surface area contributed by atoms with Crippen molar-refractivity contribution in [1.29, 1.82) is 5.26 Å². The molecule has 4 heteroatoms. The summed E-state index contributed by atoms with van der Waals surface area (Å²) < 4.78 is 0. The normalized spacial score (nSPS) is 17.7. The van der Waals surface area contributed by atoms with Gasteiger partial charge in [-0.1, -0.05) is 26.2 Å². The second-order valence-electron chi connectivity index (χ2n) is 5.29. The summed E-state index contributed by atoms with van der Waals surface area (Å²) in [5.41, 5.74) is 6.95. The molecule has 2 rings (SSSR count). The Morgan fingerprint density at radius 3 is 2.84 bits per heavy atom. The molecule has 19 heavy (non-hydrogen) atoms. The summed E-state index contributed by atoms with van der Waals surface area (Å²) in [5, 5.41) is 12.5. The van der Waals surface area contributed by atoms with E-state index in [0.717, 1.165) is 6.42 Å². The van der Waals surface area contributed by atoms with Crippen molar-refractivity contribution in [2.75, 3.05) is 11.1 Å². The van der Waals surface area contributed by atoms with Gasteiger partial charge >= 0.3 is 0 Å². The van der Waals surface area contributed by atoms with Crippen molar-refractivity contribution in [3.05, 3.63) is 17.8 Å². The number of aromatic nitrogens is 1. The molecule has 1 atom stereocenters. The van der Waals surface area contributed by atoms with Gasteiger partial charge in [0.1, 0.15) is 6.07 Å². The Hall–Kier alpha value is -1.76. The molecule has 4 nitrogen and oxygen atoms in total. The molecule has 1 fully saturated rings. The van der Waals surface area contributed by atoms with Gasteiger partial charge in [-0.2, -0.15) is 5.26 Å². The van der Waals surface area contributed by atoms with Crippen LogP contribution in [0.2, 0.25) is 0 Å². The highest BCUT2D eigenvalue weighted by Gasteiger charge is 2.23. The maximum Gasteiger partial charge on any atom is 0.150 e. The molecule has 1 saturated carbocycles. The first-order valence-corrected chi connectivity index (χ1v) is 7.17. The molecule has 1 aromatic heterocycles. The highest BCUT2D eigenvalue weighted by molar-refractivity contribution is 5.69. The third-order valence-corrected chi connectivity index (χ3v) is 4.09. The molecule has 0 aromatic carbocycles. The van der Waals surface area contributed by atoms with Gasteiger partial charge in [-0.3, -0.25) is 0 Å². The zero-order valence-corrected chi connectivity index (χ0v) is 11.5. The lowest BCUT2D eigenvalue weighted by molar-refractivity contribution is 0.312. The Kier molecular flexibility index (Phi) is 4.62. The van der Waals surface area contributed by atoms with E-state index in [0.29, 0.717) is 29.0 Å². The first kappa shape index (κ1) is 13.7. The molecule has 102 valence electrons. The van der Waals surface area contributed by atoms with Crippen LogP contribution < -0.4 is 11.1 Å². The highest BCUT2D eigenvalue weighted by atomic mass is 15.0. The number of nitriles is 1.